The van der Waals surface area contributed by atoms with Crippen molar-refractivity contribution in [3.63, 3.8) is 0 Å². The molecule has 1 aromatic carbocycles. The van der Waals surface area contributed by atoms with Gasteiger partial charge in [0.05, 0.1) is 13.2 Å². The molecule has 0 amide bonds. The van der Waals surface area contributed by atoms with E-state index < -0.39 is 11.6 Å². The molecule has 1 aliphatic rings. The Hall–Kier alpha value is -1.39. The predicted molar refractivity (Wildman–Crippen MR) is 72.5 cm³/mol. The first-order valence-corrected chi connectivity index (χ1v) is 6.66. The third-order valence-electron chi connectivity index (χ3n) is 4.00. The molecule has 4 nitrogen and oxygen atoms in total. The van der Waals surface area contributed by atoms with E-state index in [0.717, 1.165) is 18.5 Å². The number of esters is 1. The highest BCUT2D eigenvalue weighted by Crippen LogP contribution is 2.35. The maximum absolute atomic E-state index is 12.2. The monoisotopic (exact) mass is 263 g/mol. The third-order valence-corrected chi connectivity index (χ3v) is 4.00. The van der Waals surface area contributed by atoms with E-state index >= 15 is 0 Å². The molecule has 0 aromatic heterocycles. The lowest BCUT2D eigenvalue weighted by molar-refractivity contribution is -0.161. The zero-order chi connectivity index (χ0) is 13.9. The molecule has 2 atom stereocenters. The minimum absolute atomic E-state index is 0.337. The third kappa shape index (κ3) is 2.51. The Morgan fingerprint density at radius 2 is 2.16 bits per heavy atom. The number of ether oxygens (including phenoxy) is 1. The number of carbonyl (C=O) groups is 1. The summed E-state index contributed by atoms with van der Waals surface area (Å²) in [5, 5.41) is 10.1. The van der Waals surface area contributed by atoms with Crippen molar-refractivity contribution >= 4 is 5.97 Å². The van der Waals surface area contributed by atoms with Crippen molar-refractivity contribution in [1.29, 1.82) is 0 Å². The van der Waals surface area contributed by atoms with Gasteiger partial charge in [-0.1, -0.05) is 30.3 Å². The summed E-state index contributed by atoms with van der Waals surface area (Å²) in [6.45, 7) is 3.12. The normalized spacial score (nSPS) is 25.2. The Bertz CT molecular complexity index is 432. The summed E-state index contributed by atoms with van der Waals surface area (Å²) in [4.78, 5) is 14.2. The van der Waals surface area contributed by atoms with Crippen LogP contribution < -0.4 is 0 Å². The summed E-state index contributed by atoms with van der Waals surface area (Å²) in [6, 6.07) is 9.99. The highest BCUT2D eigenvalue weighted by atomic mass is 16.5. The smallest absolute Gasteiger partial charge is 0.328 e. The van der Waals surface area contributed by atoms with Crippen LogP contribution in [0, 0.1) is 0 Å². The minimum atomic E-state index is -0.898. The van der Waals surface area contributed by atoms with E-state index in [4.69, 9.17) is 4.74 Å². The van der Waals surface area contributed by atoms with E-state index in [1.165, 1.54) is 7.11 Å². The Labute approximate surface area is 114 Å². The fourth-order valence-electron chi connectivity index (χ4n) is 2.97. The Morgan fingerprint density at radius 3 is 2.74 bits per heavy atom. The molecule has 104 valence electrons. The van der Waals surface area contributed by atoms with Gasteiger partial charge in [0.2, 0.25) is 0 Å². The van der Waals surface area contributed by atoms with Crippen LogP contribution in [0.5, 0.6) is 0 Å². The molecule has 0 saturated carbocycles. The fraction of sp³-hybridized carbons (Fsp3) is 0.533. The van der Waals surface area contributed by atoms with E-state index in [1.54, 1.807) is 6.92 Å². The number of benzene rings is 1. The quantitative estimate of drug-likeness (QED) is 0.838. The summed E-state index contributed by atoms with van der Waals surface area (Å²) >= 11 is 0. The SMILES string of the molecule is COC(=O)C1(C(C)O)CCCN1Cc1ccccc1. The number of rotatable bonds is 4. The van der Waals surface area contributed by atoms with Crippen molar-refractivity contribution in [3.8, 4) is 0 Å². The molecule has 1 aliphatic heterocycles. The second-order valence-corrected chi connectivity index (χ2v) is 5.10. The molecule has 2 rings (SSSR count). The summed E-state index contributed by atoms with van der Waals surface area (Å²) in [7, 11) is 1.38. The molecule has 1 heterocycles. The van der Waals surface area contributed by atoms with Gasteiger partial charge < -0.3 is 9.84 Å². The molecule has 1 N–H and O–H groups in total. The summed E-state index contributed by atoms with van der Waals surface area (Å²) in [5.74, 6) is -0.337. The fourth-order valence-corrected chi connectivity index (χ4v) is 2.97. The average Bonchev–Trinajstić information content (AvgIpc) is 2.83. The van der Waals surface area contributed by atoms with Gasteiger partial charge in [-0.15, -0.1) is 0 Å². The number of aliphatic hydroxyl groups is 1. The number of nitrogens with zero attached hydrogens (tertiary/aromatic N) is 1. The van der Waals surface area contributed by atoms with E-state index in [-0.39, 0.29) is 5.97 Å². The number of methoxy groups -OCH3 is 1. The van der Waals surface area contributed by atoms with Gasteiger partial charge in [-0.05, 0) is 31.9 Å². The zero-order valence-electron chi connectivity index (χ0n) is 11.5. The topological polar surface area (TPSA) is 49.8 Å². The van der Waals surface area contributed by atoms with Crippen LogP contribution in [0.3, 0.4) is 0 Å². The molecular weight excluding hydrogens is 242 g/mol. The first-order valence-electron chi connectivity index (χ1n) is 6.66. The van der Waals surface area contributed by atoms with Crippen LogP contribution in [0.2, 0.25) is 0 Å². The average molecular weight is 263 g/mol. The molecular formula is C15H21NO3. The molecule has 1 fully saturated rings. The van der Waals surface area contributed by atoms with Crippen LogP contribution in [-0.4, -0.2) is 41.3 Å². The van der Waals surface area contributed by atoms with Crippen molar-refractivity contribution in [1.82, 2.24) is 4.90 Å². The maximum atomic E-state index is 12.2. The van der Waals surface area contributed by atoms with Crippen LogP contribution in [0.25, 0.3) is 0 Å². The molecule has 0 spiro atoms. The van der Waals surface area contributed by atoms with Gasteiger partial charge in [0.1, 0.15) is 5.54 Å². The minimum Gasteiger partial charge on any atom is -0.468 e. The van der Waals surface area contributed by atoms with Gasteiger partial charge in [-0.3, -0.25) is 4.90 Å². The number of carbonyl (C=O) groups excluding carboxylic acids is 1. The first-order chi connectivity index (χ1) is 9.11. The summed E-state index contributed by atoms with van der Waals surface area (Å²) < 4.78 is 4.93. The largest absolute Gasteiger partial charge is 0.468 e. The van der Waals surface area contributed by atoms with Crippen LogP contribution in [0.4, 0.5) is 0 Å². The van der Waals surface area contributed by atoms with Crippen molar-refractivity contribution in [2.24, 2.45) is 0 Å². The highest BCUT2D eigenvalue weighted by Gasteiger charge is 2.52. The maximum Gasteiger partial charge on any atom is 0.328 e. The molecule has 0 bridgehead atoms. The number of likely N-dealkylation sites (tertiary alicyclic amines) is 1. The van der Waals surface area contributed by atoms with Gasteiger partial charge in [0.25, 0.3) is 0 Å². The van der Waals surface area contributed by atoms with Gasteiger partial charge in [-0.25, -0.2) is 4.79 Å². The highest BCUT2D eigenvalue weighted by molar-refractivity contribution is 5.82. The molecule has 1 aromatic rings. The number of aliphatic hydroxyl groups excluding tert-OH is 1. The molecule has 0 radical (unpaired) electrons. The standard InChI is InChI=1S/C15H21NO3/c1-12(17)15(14(18)19-2)9-6-10-16(15)11-13-7-4-3-5-8-13/h3-5,7-8,12,17H,6,9-11H2,1-2H3. The summed E-state index contributed by atoms with van der Waals surface area (Å²) in [6.07, 6.45) is 0.794. The van der Waals surface area contributed by atoms with Gasteiger partial charge in [-0.2, -0.15) is 0 Å². The molecule has 19 heavy (non-hydrogen) atoms. The van der Waals surface area contributed by atoms with Crippen molar-refractivity contribution in [2.45, 2.75) is 38.0 Å². The Morgan fingerprint density at radius 1 is 1.47 bits per heavy atom. The second kappa shape index (κ2) is 5.72. The Balaban J connectivity index is 2.25. The Kier molecular flexibility index (Phi) is 4.22. The number of hydrogen-bond acceptors (Lipinski definition) is 4. The van der Waals surface area contributed by atoms with E-state index in [2.05, 4.69) is 0 Å². The van der Waals surface area contributed by atoms with Gasteiger partial charge in [0.15, 0.2) is 0 Å². The molecule has 1 saturated heterocycles. The molecule has 4 heteroatoms. The van der Waals surface area contributed by atoms with Gasteiger partial charge in [0, 0.05) is 6.54 Å². The second-order valence-electron chi connectivity index (χ2n) is 5.10. The number of hydrogen-bond donors (Lipinski definition) is 1. The lowest BCUT2D eigenvalue weighted by atomic mass is 9.89. The lowest BCUT2D eigenvalue weighted by Gasteiger charge is -2.38. The van der Waals surface area contributed by atoms with Gasteiger partial charge >= 0.3 is 5.97 Å². The predicted octanol–water partition coefficient (Wildman–Crippen LogP) is 1.57. The van der Waals surface area contributed by atoms with Crippen LogP contribution in [0.15, 0.2) is 30.3 Å². The molecule has 0 aliphatic carbocycles. The van der Waals surface area contributed by atoms with Crippen molar-refractivity contribution in [3.05, 3.63) is 35.9 Å². The zero-order valence-corrected chi connectivity index (χ0v) is 11.5. The van der Waals surface area contributed by atoms with Crippen molar-refractivity contribution < 1.29 is 14.6 Å². The molecule has 2 unspecified atom stereocenters. The lowest BCUT2D eigenvalue weighted by Crippen LogP contribution is -2.57. The van der Waals surface area contributed by atoms with Crippen LogP contribution >= 0.6 is 0 Å². The van der Waals surface area contributed by atoms with E-state index in [0.29, 0.717) is 13.0 Å². The van der Waals surface area contributed by atoms with E-state index in [1.807, 2.05) is 35.2 Å². The van der Waals surface area contributed by atoms with Crippen molar-refractivity contribution in [2.75, 3.05) is 13.7 Å². The van der Waals surface area contributed by atoms with Crippen LogP contribution in [-0.2, 0) is 16.1 Å². The first kappa shape index (κ1) is 14.0. The van der Waals surface area contributed by atoms with Crippen LogP contribution in [0.1, 0.15) is 25.3 Å². The van der Waals surface area contributed by atoms with E-state index in [9.17, 15) is 9.90 Å². The summed E-state index contributed by atoms with van der Waals surface area (Å²) in [5.41, 5.74) is 0.239.